The van der Waals surface area contributed by atoms with Gasteiger partial charge in [0.25, 0.3) is 0 Å². The Balaban J connectivity index is 2.13. The smallest absolute Gasteiger partial charge is 0.320 e. The summed E-state index contributed by atoms with van der Waals surface area (Å²) >= 11 is 0. The van der Waals surface area contributed by atoms with Crippen LogP contribution in [-0.4, -0.2) is 18.1 Å². The molecule has 3 rings (SSSR count). The molecule has 0 fully saturated rings. The molecule has 1 aliphatic rings. The van der Waals surface area contributed by atoms with Gasteiger partial charge < -0.3 is 4.74 Å². The lowest BCUT2D eigenvalue weighted by atomic mass is 9.78. The molecule has 124 valence electrons. The molecule has 0 saturated carbocycles. The first-order chi connectivity index (χ1) is 11.5. The van der Waals surface area contributed by atoms with Gasteiger partial charge in [0, 0.05) is 0 Å². The van der Waals surface area contributed by atoms with Crippen molar-refractivity contribution < 1.29 is 18.3 Å². The van der Waals surface area contributed by atoms with E-state index in [-0.39, 0.29) is 5.82 Å². The maximum absolute atomic E-state index is 14.0. The van der Waals surface area contributed by atoms with Crippen molar-refractivity contribution in [1.82, 2.24) is 4.98 Å². The molecule has 0 aliphatic heterocycles. The summed E-state index contributed by atoms with van der Waals surface area (Å²) in [7, 11) is 1.32. The van der Waals surface area contributed by atoms with E-state index in [0.717, 1.165) is 11.8 Å². The molecule has 5 heteroatoms. The molecule has 0 unspecified atom stereocenters. The lowest BCUT2D eigenvalue weighted by Gasteiger charge is -2.26. The number of carbonyl (C=O) groups is 1. The Morgan fingerprint density at radius 2 is 2.04 bits per heavy atom. The van der Waals surface area contributed by atoms with Gasteiger partial charge in [-0.05, 0) is 54.7 Å². The van der Waals surface area contributed by atoms with Crippen LogP contribution in [0.2, 0.25) is 0 Å². The Labute approximate surface area is 139 Å². The third-order valence-corrected chi connectivity index (χ3v) is 4.56. The molecule has 1 heterocycles. The minimum Gasteiger partial charge on any atom is -0.468 e. The number of rotatable bonds is 3. The molecule has 1 aliphatic carbocycles. The van der Waals surface area contributed by atoms with Gasteiger partial charge >= 0.3 is 5.97 Å². The number of pyridine rings is 1. The average molecular weight is 329 g/mol. The molecule has 0 N–H and O–H groups in total. The Kier molecular flexibility index (Phi) is 4.18. The molecule has 0 saturated heterocycles. The summed E-state index contributed by atoms with van der Waals surface area (Å²) in [6.07, 6.45) is 3.95. The highest BCUT2D eigenvalue weighted by Gasteiger charge is 2.44. The standard InChI is InChI=1S/C19H17F2NO2/c1-12-15(4-3-5-16(12)21)19(18(23)24-2)9-8-13(10-19)17-7-6-14(20)11-22-17/h3-7,10-11H,8-9H2,1-2H3/t19-/m0/s1. The first-order valence-electron chi connectivity index (χ1n) is 7.65. The van der Waals surface area contributed by atoms with E-state index in [1.165, 1.54) is 19.2 Å². The van der Waals surface area contributed by atoms with Gasteiger partial charge in [0.05, 0.1) is 19.0 Å². The zero-order chi connectivity index (χ0) is 17.3. The summed E-state index contributed by atoms with van der Waals surface area (Å²) in [6, 6.07) is 7.60. The fourth-order valence-electron chi connectivity index (χ4n) is 3.30. The van der Waals surface area contributed by atoms with Crippen LogP contribution in [0.1, 0.15) is 29.7 Å². The molecule has 1 aromatic heterocycles. The van der Waals surface area contributed by atoms with Gasteiger partial charge in [-0.1, -0.05) is 18.2 Å². The Morgan fingerprint density at radius 3 is 2.71 bits per heavy atom. The molecule has 0 spiro atoms. The van der Waals surface area contributed by atoms with Crippen LogP contribution in [0.4, 0.5) is 8.78 Å². The van der Waals surface area contributed by atoms with E-state index in [1.807, 2.05) is 0 Å². The summed E-state index contributed by atoms with van der Waals surface area (Å²) in [5.41, 5.74) is 1.39. The summed E-state index contributed by atoms with van der Waals surface area (Å²) in [5, 5.41) is 0. The van der Waals surface area contributed by atoms with Crippen molar-refractivity contribution in [3.05, 3.63) is 71.1 Å². The van der Waals surface area contributed by atoms with Gasteiger partial charge in [0.2, 0.25) is 0 Å². The van der Waals surface area contributed by atoms with Crippen molar-refractivity contribution in [3.63, 3.8) is 0 Å². The number of allylic oxidation sites excluding steroid dienone is 1. The van der Waals surface area contributed by atoms with Crippen LogP contribution in [-0.2, 0) is 14.9 Å². The maximum atomic E-state index is 14.0. The summed E-state index contributed by atoms with van der Waals surface area (Å²) in [4.78, 5) is 16.6. The second-order valence-corrected chi connectivity index (χ2v) is 5.91. The molecule has 1 atom stereocenters. The second-order valence-electron chi connectivity index (χ2n) is 5.91. The number of ether oxygens (including phenoxy) is 1. The Hall–Kier alpha value is -2.56. The first-order valence-corrected chi connectivity index (χ1v) is 7.65. The van der Waals surface area contributed by atoms with E-state index in [0.29, 0.717) is 29.7 Å². The number of halogens is 2. The lowest BCUT2D eigenvalue weighted by molar-refractivity contribution is -0.145. The van der Waals surface area contributed by atoms with E-state index in [9.17, 15) is 13.6 Å². The number of nitrogens with zero attached hydrogens (tertiary/aromatic N) is 1. The van der Waals surface area contributed by atoms with Gasteiger partial charge in [0.1, 0.15) is 17.0 Å². The third kappa shape index (κ3) is 2.60. The first kappa shape index (κ1) is 16.3. The van der Waals surface area contributed by atoms with Crippen molar-refractivity contribution >= 4 is 11.5 Å². The molecular formula is C19H17F2NO2. The van der Waals surface area contributed by atoms with Crippen LogP contribution in [0.15, 0.2) is 42.6 Å². The van der Waals surface area contributed by atoms with E-state index < -0.39 is 17.2 Å². The third-order valence-electron chi connectivity index (χ3n) is 4.56. The highest BCUT2D eigenvalue weighted by molar-refractivity contribution is 5.91. The van der Waals surface area contributed by atoms with Crippen molar-refractivity contribution in [2.24, 2.45) is 0 Å². The van der Waals surface area contributed by atoms with E-state index >= 15 is 0 Å². The maximum Gasteiger partial charge on any atom is 0.320 e. The highest BCUT2D eigenvalue weighted by Crippen LogP contribution is 2.44. The summed E-state index contributed by atoms with van der Waals surface area (Å²) in [5.74, 6) is -1.22. The predicted molar refractivity (Wildman–Crippen MR) is 86.2 cm³/mol. The minimum absolute atomic E-state index is 0.363. The van der Waals surface area contributed by atoms with Gasteiger partial charge in [-0.25, -0.2) is 8.78 Å². The largest absolute Gasteiger partial charge is 0.468 e. The van der Waals surface area contributed by atoms with Crippen molar-refractivity contribution in [2.75, 3.05) is 7.11 Å². The van der Waals surface area contributed by atoms with Gasteiger partial charge in [0.15, 0.2) is 0 Å². The van der Waals surface area contributed by atoms with Crippen LogP contribution in [0.5, 0.6) is 0 Å². The topological polar surface area (TPSA) is 39.2 Å². The number of hydrogen-bond donors (Lipinski definition) is 0. The number of aromatic nitrogens is 1. The van der Waals surface area contributed by atoms with Crippen molar-refractivity contribution in [1.29, 1.82) is 0 Å². The Morgan fingerprint density at radius 1 is 1.25 bits per heavy atom. The molecule has 2 aromatic rings. The fraction of sp³-hybridized carbons (Fsp3) is 0.263. The van der Waals surface area contributed by atoms with Crippen molar-refractivity contribution in [2.45, 2.75) is 25.2 Å². The van der Waals surface area contributed by atoms with E-state index in [2.05, 4.69) is 4.98 Å². The van der Waals surface area contributed by atoms with E-state index in [1.54, 1.807) is 31.2 Å². The number of carbonyl (C=O) groups excluding carboxylic acids is 1. The fourth-order valence-corrected chi connectivity index (χ4v) is 3.30. The quantitative estimate of drug-likeness (QED) is 0.800. The van der Waals surface area contributed by atoms with Crippen LogP contribution >= 0.6 is 0 Å². The molecule has 0 bridgehead atoms. The van der Waals surface area contributed by atoms with Gasteiger partial charge in [-0.2, -0.15) is 0 Å². The molecular weight excluding hydrogens is 312 g/mol. The van der Waals surface area contributed by atoms with Crippen LogP contribution in [0.25, 0.3) is 5.57 Å². The molecule has 0 amide bonds. The SMILES string of the molecule is COC(=O)[C@]1(c2cccc(F)c2C)C=C(c2ccc(F)cn2)CC1. The summed E-state index contributed by atoms with van der Waals surface area (Å²) < 4.78 is 32.1. The van der Waals surface area contributed by atoms with Crippen LogP contribution in [0, 0.1) is 18.6 Å². The lowest BCUT2D eigenvalue weighted by Crippen LogP contribution is -2.34. The van der Waals surface area contributed by atoms with Crippen LogP contribution in [0.3, 0.4) is 0 Å². The zero-order valence-electron chi connectivity index (χ0n) is 13.5. The van der Waals surface area contributed by atoms with Gasteiger partial charge in [-0.3, -0.25) is 9.78 Å². The normalized spacial score (nSPS) is 19.9. The molecule has 3 nitrogen and oxygen atoms in total. The number of esters is 1. The number of methoxy groups -OCH3 is 1. The minimum atomic E-state index is -1.05. The zero-order valence-corrected chi connectivity index (χ0v) is 13.5. The van der Waals surface area contributed by atoms with Gasteiger partial charge in [-0.15, -0.1) is 0 Å². The molecule has 24 heavy (non-hydrogen) atoms. The van der Waals surface area contributed by atoms with Crippen molar-refractivity contribution in [3.8, 4) is 0 Å². The average Bonchev–Trinajstić information content (AvgIpc) is 3.03. The summed E-state index contributed by atoms with van der Waals surface area (Å²) in [6.45, 7) is 1.65. The van der Waals surface area contributed by atoms with E-state index in [4.69, 9.17) is 4.74 Å². The predicted octanol–water partition coefficient (Wildman–Crippen LogP) is 3.96. The number of hydrogen-bond acceptors (Lipinski definition) is 3. The highest BCUT2D eigenvalue weighted by atomic mass is 19.1. The molecule has 1 aromatic carbocycles. The second kappa shape index (κ2) is 6.15. The Bertz CT molecular complexity index is 815. The number of benzene rings is 1. The van der Waals surface area contributed by atoms with Crippen LogP contribution < -0.4 is 0 Å². The molecule has 0 radical (unpaired) electrons. The monoisotopic (exact) mass is 329 g/mol.